The molecule has 1 fully saturated rings. The summed E-state index contributed by atoms with van der Waals surface area (Å²) in [5, 5.41) is 0. The molecule has 0 atom stereocenters. The summed E-state index contributed by atoms with van der Waals surface area (Å²) in [6.45, 7) is 9.47. The zero-order valence-corrected chi connectivity index (χ0v) is 10.6. The Hall–Kier alpha value is -0.830. The van der Waals surface area contributed by atoms with Gasteiger partial charge in [-0.05, 0) is 25.7 Å². The lowest BCUT2D eigenvalue weighted by molar-refractivity contribution is 0.0828. The van der Waals surface area contributed by atoms with E-state index in [9.17, 15) is 0 Å². The van der Waals surface area contributed by atoms with Crippen molar-refractivity contribution < 1.29 is 4.74 Å². The lowest BCUT2D eigenvalue weighted by atomic mass is 9.99. The van der Waals surface area contributed by atoms with Gasteiger partial charge in [-0.2, -0.15) is 0 Å². The second-order valence-electron chi connectivity index (χ2n) is 4.83. The number of imidazole rings is 1. The minimum Gasteiger partial charge on any atom is -0.381 e. The van der Waals surface area contributed by atoms with E-state index in [0.29, 0.717) is 11.8 Å². The summed E-state index contributed by atoms with van der Waals surface area (Å²) in [4.78, 5) is 4.64. The normalized spacial score (nSPS) is 18.2. The molecule has 2 heterocycles. The number of nitrogens with zero attached hydrogens (tertiary/aromatic N) is 2. The van der Waals surface area contributed by atoms with Crippen LogP contribution in [0.5, 0.6) is 0 Å². The quantitative estimate of drug-likeness (QED) is 0.786. The van der Waals surface area contributed by atoms with Crippen molar-refractivity contribution >= 4 is 0 Å². The molecule has 2 rings (SSSR count). The van der Waals surface area contributed by atoms with Gasteiger partial charge in [0.15, 0.2) is 0 Å². The van der Waals surface area contributed by atoms with Crippen molar-refractivity contribution in [3.8, 4) is 0 Å². The first-order valence-electron chi connectivity index (χ1n) is 6.37. The van der Waals surface area contributed by atoms with Crippen LogP contribution in [0.15, 0.2) is 6.20 Å². The Bertz CT molecular complexity index is 338. The Morgan fingerprint density at radius 1 is 1.44 bits per heavy atom. The van der Waals surface area contributed by atoms with Gasteiger partial charge in [-0.15, -0.1) is 0 Å². The maximum absolute atomic E-state index is 5.41. The summed E-state index contributed by atoms with van der Waals surface area (Å²) in [7, 11) is 0. The van der Waals surface area contributed by atoms with Gasteiger partial charge < -0.3 is 9.30 Å². The summed E-state index contributed by atoms with van der Waals surface area (Å²) in [6, 6.07) is 0. The van der Waals surface area contributed by atoms with Gasteiger partial charge in [-0.1, -0.05) is 13.8 Å². The molecular weight excluding hydrogens is 200 g/mol. The average molecular weight is 222 g/mol. The number of aromatic nitrogens is 2. The van der Waals surface area contributed by atoms with E-state index in [1.54, 1.807) is 0 Å². The summed E-state index contributed by atoms with van der Waals surface area (Å²) >= 11 is 0. The maximum Gasteiger partial charge on any atom is 0.112 e. The fraction of sp³-hybridized carbons (Fsp3) is 0.769. The molecule has 0 aliphatic carbocycles. The van der Waals surface area contributed by atoms with Gasteiger partial charge in [-0.25, -0.2) is 4.98 Å². The molecule has 90 valence electrons. The minimum atomic E-state index is 0.557. The van der Waals surface area contributed by atoms with E-state index in [-0.39, 0.29) is 0 Å². The number of rotatable bonds is 3. The van der Waals surface area contributed by atoms with Crippen LogP contribution in [0.25, 0.3) is 0 Å². The molecule has 0 spiro atoms. The van der Waals surface area contributed by atoms with E-state index in [2.05, 4.69) is 36.5 Å². The molecule has 16 heavy (non-hydrogen) atoms. The Balaban J connectivity index is 2.25. The molecule has 1 aliphatic heterocycles. The SMILES string of the molecule is CCn1c(C(C)C)cnc1C1CCOCC1. The molecular formula is C13H22N2O. The van der Waals surface area contributed by atoms with Crippen LogP contribution in [0.4, 0.5) is 0 Å². The number of hydrogen-bond donors (Lipinski definition) is 0. The lowest BCUT2D eigenvalue weighted by Gasteiger charge is -2.23. The summed E-state index contributed by atoms with van der Waals surface area (Å²) in [6.07, 6.45) is 4.29. The minimum absolute atomic E-state index is 0.557. The summed E-state index contributed by atoms with van der Waals surface area (Å²) in [5.74, 6) is 2.43. The van der Waals surface area contributed by atoms with Gasteiger partial charge in [0.05, 0.1) is 0 Å². The molecule has 3 heteroatoms. The van der Waals surface area contributed by atoms with Crippen molar-refractivity contribution in [3.05, 3.63) is 17.7 Å². The predicted molar refractivity (Wildman–Crippen MR) is 64.8 cm³/mol. The third-order valence-corrected chi connectivity index (χ3v) is 3.41. The van der Waals surface area contributed by atoms with Gasteiger partial charge in [0.1, 0.15) is 5.82 Å². The first kappa shape index (κ1) is 11.6. The van der Waals surface area contributed by atoms with Crippen LogP contribution in [0.3, 0.4) is 0 Å². The van der Waals surface area contributed by atoms with E-state index in [0.717, 1.165) is 32.6 Å². The Kier molecular flexibility index (Phi) is 3.64. The molecule has 1 aromatic rings. The van der Waals surface area contributed by atoms with Crippen LogP contribution in [0, 0.1) is 0 Å². The molecule has 0 unspecified atom stereocenters. The van der Waals surface area contributed by atoms with Crippen LogP contribution in [0.1, 0.15) is 57.0 Å². The monoisotopic (exact) mass is 222 g/mol. The standard InChI is InChI=1S/C13H22N2O/c1-4-15-12(10(2)3)9-14-13(15)11-5-7-16-8-6-11/h9-11H,4-8H2,1-3H3. The molecule has 0 aromatic carbocycles. The van der Waals surface area contributed by atoms with Gasteiger partial charge in [0, 0.05) is 37.6 Å². The molecule has 1 saturated heterocycles. The molecule has 3 nitrogen and oxygen atoms in total. The van der Waals surface area contributed by atoms with Gasteiger partial charge in [-0.3, -0.25) is 0 Å². The first-order chi connectivity index (χ1) is 7.74. The second-order valence-corrected chi connectivity index (χ2v) is 4.83. The smallest absolute Gasteiger partial charge is 0.112 e. The molecule has 0 saturated carbocycles. The fourth-order valence-electron chi connectivity index (χ4n) is 2.49. The van der Waals surface area contributed by atoms with E-state index in [4.69, 9.17) is 4.74 Å². The zero-order valence-electron chi connectivity index (χ0n) is 10.6. The van der Waals surface area contributed by atoms with Gasteiger partial charge >= 0.3 is 0 Å². The average Bonchev–Trinajstić information content (AvgIpc) is 2.73. The van der Waals surface area contributed by atoms with E-state index in [1.807, 2.05) is 0 Å². The van der Waals surface area contributed by atoms with E-state index < -0.39 is 0 Å². The van der Waals surface area contributed by atoms with Crippen LogP contribution in [0.2, 0.25) is 0 Å². The highest BCUT2D eigenvalue weighted by Crippen LogP contribution is 2.28. The Morgan fingerprint density at radius 3 is 2.69 bits per heavy atom. The van der Waals surface area contributed by atoms with Crippen LogP contribution < -0.4 is 0 Å². The Morgan fingerprint density at radius 2 is 2.12 bits per heavy atom. The van der Waals surface area contributed by atoms with Crippen LogP contribution in [-0.4, -0.2) is 22.8 Å². The fourth-order valence-corrected chi connectivity index (χ4v) is 2.49. The predicted octanol–water partition coefficient (Wildman–Crippen LogP) is 2.92. The Labute approximate surface area is 97.8 Å². The van der Waals surface area contributed by atoms with Gasteiger partial charge in [0.2, 0.25) is 0 Å². The summed E-state index contributed by atoms with van der Waals surface area (Å²) < 4.78 is 7.80. The topological polar surface area (TPSA) is 27.1 Å². The van der Waals surface area contributed by atoms with Crippen molar-refractivity contribution in [2.75, 3.05) is 13.2 Å². The second kappa shape index (κ2) is 5.00. The van der Waals surface area contributed by atoms with Crippen molar-refractivity contribution in [1.82, 2.24) is 9.55 Å². The number of ether oxygens (including phenoxy) is 1. The van der Waals surface area contributed by atoms with E-state index >= 15 is 0 Å². The number of hydrogen-bond acceptors (Lipinski definition) is 2. The first-order valence-corrected chi connectivity index (χ1v) is 6.37. The van der Waals surface area contributed by atoms with Crippen molar-refractivity contribution in [2.45, 2.75) is 52.0 Å². The highest BCUT2D eigenvalue weighted by atomic mass is 16.5. The third-order valence-electron chi connectivity index (χ3n) is 3.41. The van der Waals surface area contributed by atoms with Crippen LogP contribution in [-0.2, 0) is 11.3 Å². The largest absolute Gasteiger partial charge is 0.381 e. The maximum atomic E-state index is 5.41. The molecule has 0 N–H and O–H groups in total. The lowest BCUT2D eigenvalue weighted by Crippen LogP contribution is -2.18. The zero-order chi connectivity index (χ0) is 11.5. The molecule has 0 bridgehead atoms. The third kappa shape index (κ3) is 2.14. The molecule has 1 aliphatic rings. The highest BCUT2D eigenvalue weighted by molar-refractivity contribution is 5.13. The summed E-state index contributed by atoms with van der Waals surface area (Å²) in [5.41, 5.74) is 1.36. The molecule has 0 amide bonds. The molecule has 0 radical (unpaired) electrons. The van der Waals surface area contributed by atoms with Crippen molar-refractivity contribution in [3.63, 3.8) is 0 Å². The van der Waals surface area contributed by atoms with Crippen LogP contribution >= 0.6 is 0 Å². The highest BCUT2D eigenvalue weighted by Gasteiger charge is 2.22. The van der Waals surface area contributed by atoms with Crippen molar-refractivity contribution in [1.29, 1.82) is 0 Å². The molecule has 1 aromatic heterocycles. The van der Waals surface area contributed by atoms with Gasteiger partial charge in [0.25, 0.3) is 0 Å². The van der Waals surface area contributed by atoms with E-state index in [1.165, 1.54) is 11.5 Å². The van der Waals surface area contributed by atoms with Crippen molar-refractivity contribution in [2.24, 2.45) is 0 Å².